The zero-order chi connectivity index (χ0) is 10.8. The third-order valence-corrected chi connectivity index (χ3v) is 2.98. The molecule has 1 aliphatic rings. The summed E-state index contributed by atoms with van der Waals surface area (Å²) in [5.74, 6) is 0.289. The maximum Gasteiger partial charge on any atom is 0.231 e. The van der Waals surface area contributed by atoms with Crippen LogP contribution in [0.5, 0.6) is 0 Å². The normalized spacial score (nSPS) is 20.5. The SMILES string of the molecule is CC[C@H]1CNc2ccccc2N(C)C1=O. The van der Waals surface area contributed by atoms with Crippen LogP contribution in [0.4, 0.5) is 11.4 Å². The van der Waals surface area contributed by atoms with E-state index in [-0.39, 0.29) is 11.8 Å². The molecule has 0 spiro atoms. The van der Waals surface area contributed by atoms with E-state index in [9.17, 15) is 4.79 Å². The summed E-state index contributed by atoms with van der Waals surface area (Å²) in [5, 5.41) is 3.32. The van der Waals surface area contributed by atoms with Gasteiger partial charge in [-0.3, -0.25) is 4.79 Å². The highest BCUT2D eigenvalue weighted by Gasteiger charge is 2.25. The molecule has 0 unspecified atom stereocenters. The summed E-state index contributed by atoms with van der Waals surface area (Å²) in [6, 6.07) is 7.92. The van der Waals surface area contributed by atoms with E-state index in [4.69, 9.17) is 0 Å². The standard InChI is InChI=1S/C12H16N2O/c1-3-9-8-13-10-6-4-5-7-11(10)14(2)12(9)15/h4-7,9,13H,3,8H2,1-2H3/t9-/m0/s1. The number of nitrogens with zero attached hydrogens (tertiary/aromatic N) is 1. The number of fused-ring (bicyclic) bond motifs is 1. The van der Waals surface area contributed by atoms with E-state index < -0.39 is 0 Å². The number of rotatable bonds is 1. The van der Waals surface area contributed by atoms with Crippen molar-refractivity contribution < 1.29 is 4.79 Å². The van der Waals surface area contributed by atoms with Crippen LogP contribution in [0.1, 0.15) is 13.3 Å². The first-order valence-electron chi connectivity index (χ1n) is 5.34. The monoisotopic (exact) mass is 204 g/mol. The predicted molar refractivity (Wildman–Crippen MR) is 62.1 cm³/mol. The Balaban J connectivity index is 2.39. The molecule has 0 bridgehead atoms. The van der Waals surface area contributed by atoms with Crippen LogP contribution in [-0.2, 0) is 4.79 Å². The lowest BCUT2D eigenvalue weighted by molar-refractivity contribution is -0.121. The first kappa shape index (κ1) is 10.0. The number of para-hydroxylation sites is 2. The van der Waals surface area contributed by atoms with Gasteiger partial charge in [0.25, 0.3) is 0 Å². The second-order valence-corrected chi connectivity index (χ2v) is 3.90. The van der Waals surface area contributed by atoms with E-state index in [1.807, 2.05) is 38.2 Å². The molecule has 2 rings (SSSR count). The smallest absolute Gasteiger partial charge is 0.231 e. The van der Waals surface area contributed by atoms with Gasteiger partial charge in [-0.05, 0) is 18.6 Å². The average molecular weight is 204 g/mol. The Morgan fingerprint density at radius 1 is 1.47 bits per heavy atom. The molecular weight excluding hydrogens is 188 g/mol. The van der Waals surface area contributed by atoms with E-state index >= 15 is 0 Å². The second-order valence-electron chi connectivity index (χ2n) is 3.90. The van der Waals surface area contributed by atoms with Crippen molar-refractivity contribution in [3.8, 4) is 0 Å². The first-order valence-corrected chi connectivity index (χ1v) is 5.34. The first-order chi connectivity index (χ1) is 7.24. The summed E-state index contributed by atoms with van der Waals surface area (Å²) in [7, 11) is 1.84. The van der Waals surface area contributed by atoms with Crippen LogP contribution in [0.2, 0.25) is 0 Å². The Kier molecular flexibility index (Phi) is 2.62. The van der Waals surface area contributed by atoms with Crippen LogP contribution in [0.15, 0.2) is 24.3 Å². The van der Waals surface area contributed by atoms with Crippen LogP contribution >= 0.6 is 0 Å². The maximum atomic E-state index is 12.0. The van der Waals surface area contributed by atoms with Crippen molar-refractivity contribution in [3.63, 3.8) is 0 Å². The lowest BCUT2D eigenvalue weighted by Crippen LogP contribution is -2.33. The lowest BCUT2D eigenvalue weighted by atomic mass is 10.1. The van der Waals surface area contributed by atoms with Crippen LogP contribution in [0.25, 0.3) is 0 Å². The van der Waals surface area contributed by atoms with Gasteiger partial charge in [-0.2, -0.15) is 0 Å². The van der Waals surface area contributed by atoms with E-state index in [0.29, 0.717) is 0 Å². The summed E-state index contributed by atoms with van der Waals surface area (Å²) >= 11 is 0. The molecular formula is C12H16N2O. The summed E-state index contributed by atoms with van der Waals surface area (Å²) in [5.41, 5.74) is 2.02. The van der Waals surface area contributed by atoms with Gasteiger partial charge in [0, 0.05) is 13.6 Å². The van der Waals surface area contributed by atoms with Gasteiger partial charge in [0.2, 0.25) is 5.91 Å². The molecule has 1 aliphatic heterocycles. The van der Waals surface area contributed by atoms with Crippen LogP contribution in [-0.4, -0.2) is 19.5 Å². The summed E-state index contributed by atoms with van der Waals surface area (Å²) in [6.07, 6.45) is 0.879. The Morgan fingerprint density at radius 3 is 2.93 bits per heavy atom. The van der Waals surface area contributed by atoms with Gasteiger partial charge >= 0.3 is 0 Å². The Morgan fingerprint density at radius 2 is 2.20 bits per heavy atom. The van der Waals surface area contributed by atoms with Crippen molar-refractivity contribution in [2.24, 2.45) is 5.92 Å². The van der Waals surface area contributed by atoms with E-state index in [0.717, 1.165) is 24.3 Å². The van der Waals surface area contributed by atoms with Crippen molar-refractivity contribution >= 4 is 17.3 Å². The third kappa shape index (κ3) is 1.69. The minimum Gasteiger partial charge on any atom is -0.383 e. The molecule has 0 aliphatic carbocycles. The van der Waals surface area contributed by atoms with Crippen LogP contribution in [0, 0.1) is 5.92 Å². The second kappa shape index (κ2) is 3.93. The topological polar surface area (TPSA) is 32.3 Å². The third-order valence-electron chi connectivity index (χ3n) is 2.98. The molecule has 3 heteroatoms. The number of carbonyl (C=O) groups excluding carboxylic acids is 1. The van der Waals surface area contributed by atoms with Crippen molar-refractivity contribution in [2.75, 3.05) is 23.8 Å². The van der Waals surface area contributed by atoms with Gasteiger partial charge < -0.3 is 10.2 Å². The fourth-order valence-corrected chi connectivity index (χ4v) is 1.95. The quantitative estimate of drug-likeness (QED) is 0.759. The van der Waals surface area contributed by atoms with Crippen molar-refractivity contribution in [1.29, 1.82) is 0 Å². The Hall–Kier alpha value is -1.51. The van der Waals surface area contributed by atoms with Gasteiger partial charge in [-0.15, -0.1) is 0 Å². The number of carbonyl (C=O) groups is 1. The lowest BCUT2D eigenvalue weighted by Gasteiger charge is -2.19. The maximum absolute atomic E-state index is 12.0. The number of nitrogens with one attached hydrogen (secondary N) is 1. The molecule has 1 aromatic carbocycles. The minimum atomic E-state index is 0.0856. The predicted octanol–water partition coefficient (Wildman–Crippen LogP) is 2.10. The minimum absolute atomic E-state index is 0.0856. The highest BCUT2D eigenvalue weighted by molar-refractivity contribution is 5.99. The van der Waals surface area contributed by atoms with Gasteiger partial charge in [0.15, 0.2) is 0 Å². The van der Waals surface area contributed by atoms with E-state index in [1.54, 1.807) is 4.90 Å². The van der Waals surface area contributed by atoms with Crippen molar-refractivity contribution in [1.82, 2.24) is 0 Å². The van der Waals surface area contributed by atoms with E-state index in [1.165, 1.54) is 0 Å². The molecule has 0 fully saturated rings. The summed E-state index contributed by atoms with van der Waals surface area (Å²) in [4.78, 5) is 13.8. The van der Waals surface area contributed by atoms with E-state index in [2.05, 4.69) is 5.32 Å². The Labute approximate surface area is 90.1 Å². The van der Waals surface area contributed by atoms with Crippen LogP contribution in [0.3, 0.4) is 0 Å². The number of benzene rings is 1. The number of hydrogen-bond acceptors (Lipinski definition) is 2. The molecule has 1 heterocycles. The highest BCUT2D eigenvalue weighted by atomic mass is 16.2. The number of amides is 1. The fourth-order valence-electron chi connectivity index (χ4n) is 1.95. The zero-order valence-electron chi connectivity index (χ0n) is 9.16. The molecule has 80 valence electrons. The molecule has 1 aromatic rings. The van der Waals surface area contributed by atoms with Crippen LogP contribution < -0.4 is 10.2 Å². The molecule has 15 heavy (non-hydrogen) atoms. The van der Waals surface area contributed by atoms with Gasteiger partial charge in [0.1, 0.15) is 0 Å². The average Bonchev–Trinajstić information content (AvgIpc) is 2.39. The fraction of sp³-hybridized carbons (Fsp3) is 0.417. The molecule has 3 nitrogen and oxygen atoms in total. The van der Waals surface area contributed by atoms with Gasteiger partial charge in [-0.1, -0.05) is 19.1 Å². The number of anilines is 2. The van der Waals surface area contributed by atoms with Gasteiger partial charge in [0.05, 0.1) is 17.3 Å². The highest BCUT2D eigenvalue weighted by Crippen LogP contribution is 2.29. The summed E-state index contributed by atoms with van der Waals surface area (Å²) in [6.45, 7) is 2.78. The molecule has 1 amide bonds. The molecule has 0 radical (unpaired) electrons. The molecule has 0 saturated carbocycles. The largest absolute Gasteiger partial charge is 0.383 e. The molecule has 1 atom stereocenters. The number of hydrogen-bond donors (Lipinski definition) is 1. The molecule has 1 N–H and O–H groups in total. The Bertz CT molecular complexity index is 376. The van der Waals surface area contributed by atoms with Gasteiger partial charge in [-0.25, -0.2) is 0 Å². The zero-order valence-corrected chi connectivity index (χ0v) is 9.16. The molecule has 0 aromatic heterocycles. The van der Waals surface area contributed by atoms with Crippen molar-refractivity contribution in [2.45, 2.75) is 13.3 Å². The summed E-state index contributed by atoms with van der Waals surface area (Å²) < 4.78 is 0. The van der Waals surface area contributed by atoms with Crippen molar-refractivity contribution in [3.05, 3.63) is 24.3 Å². The molecule has 0 saturated heterocycles.